The second-order valence-corrected chi connectivity index (χ2v) is 13.7. The van der Waals surface area contributed by atoms with Gasteiger partial charge >= 0.3 is 0 Å². The largest absolute Gasteiger partial charge is 0.496 e. The van der Waals surface area contributed by atoms with Crippen LogP contribution < -0.4 is 9.47 Å². The van der Waals surface area contributed by atoms with Crippen molar-refractivity contribution in [3.63, 3.8) is 0 Å². The van der Waals surface area contributed by atoms with Gasteiger partial charge in [-0.15, -0.1) is 0 Å². The van der Waals surface area contributed by atoms with Crippen molar-refractivity contribution in [3.8, 4) is 22.6 Å². The minimum atomic E-state index is -4.58. The van der Waals surface area contributed by atoms with Gasteiger partial charge < -0.3 is 24.4 Å². The predicted molar refractivity (Wildman–Crippen MR) is 185 cm³/mol. The predicted octanol–water partition coefficient (Wildman–Crippen LogP) is 8.09. The van der Waals surface area contributed by atoms with E-state index in [1.165, 1.54) is 17.8 Å². The van der Waals surface area contributed by atoms with Crippen molar-refractivity contribution in [3.05, 3.63) is 102 Å². The Labute approximate surface area is 282 Å². The monoisotopic (exact) mass is 680 g/mol. The van der Waals surface area contributed by atoms with Crippen molar-refractivity contribution in [2.24, 2.45) is 0 Å². The van der Waals surface area contributed by atoms with Gasteiger partial charge in [0.1, 0.15) is 22.5 Å². The molecule has 0 aliphatic rings. The van der Waals surface area contributed by atoms with Crippen LogP contribution in [0.15, 0.2) is 99.6 Å². The summed E-state index contributed by atoms with van der Waals surface area (Å²) in [5.41, 5.74) is 3.11. The third kappa shape index (κ3) is 10.6. The van der Waals surface area contributed by atoms with Crippen molar-refractivity contribution < 1.29 is 37.4 Å². The van der Waals surface area contributed by atoms with Crippen LogP contribution in [0.4, 0.5) is 0 Å². The second kappa shape index (κ2) is 18.2. The Bertz CT molecular complexity index is 1670. The van der Waals surface area contributed by atoms with Crippen LogP contribution in [0, 0.1) is 0 Å². The molecule has 0 aliphatic heterocycles. The zero-order valence-electron chi connectivity index (χ0n) is 26.9. The summed E-state index contributed by atoms with van der Waals surface area (Å²) < 4.78 is 52.6. The molecule has 0 radical (unpaired) electrons. The lowest BCUT2D eigenvalue weighted by Crippen LogP contribution is -2.06. The molecule has 10 heteroatoms. The fourth-order valence-electron chi connectivity index (χ4n) is 5.14. The highest BCUT2D eigenvalue weighted by Crippen LogP contribution is 2.40. The molecular weight excluding hydrogens is 637 g/mol. The van der Waals surface area contributed by atoms with Crippen molar-refractivity contribution in [2.75, 3.05) is 26.9 Å². The van der Waals surface area contributed by atoms with Gasteiger partial charge in [0.15, 0.2) is 0 Å². The average Bonchev–Trinajstić information content (AvgIpc) is 3.08. The SMILES string of the molecule is CCCCOc1ccc(Sc2ccc(-c3ccccc3C(O)c3cc(COCCCCCCO)ccc3OC)cc2S(=O)(=O)O)cc1. The fraction of sp³-hybridized carbons (Fsp3) is 0.351. The molecule has 4 aromatic rings. The van der Waals surface area contributed by atoms with Crippen molar-refractivity contribution >= 4 is 21.9 Å². The lowest BCUT2D eigenvalue weighted by atomic mass is 9.91. The first-order valence-electron chi connectivity index (χ1n) is 15.9. The summed E-state index contributed by atoms with van der Waals surface area (Å²) >= 11 is 1.23. The Hall–Kier alpha value is -3.38. The molecule has 8 nitrogen and oxygen atoms in total. The molecule has 0 aromatic heterocycles. The van der Waals surface area contributed by atoms with E-state index in [4.69, 9.17) is 19.3 Å². The number of unbranched alkanes of at least 4 members (excludes halogenated alkanes) is 4. The van der Waals surface area contributed by atoms with Crippen LogP contribution in [0.1, 0.15) is 68.2 Å². The maximum absolute atomic E-state index is 12.6. The average molecular weight is 681 g/mol. The van der Waals surface area contributed by atoms with Gasteiger partial charge in [-0.3, -0.25) is 4.55 Å². The Morgan fingerprint density at radius 3 is 2.32 bits per heavy atom. The number of hydrogen-bond donors (Lipinski definition) is 3. The molecule has 4 rings (SSSR count). The second-order valence-electron chi connectivity index (χ2n) is 11.2. The number of methoxy groups -OCH3 is 1. The Morgan fingerprint density at radius 2 is 1.60 bits per heavy atom. The van der Waals surface area contributed by atoms with E-state index in [0.717, 1.165) is 54.7 Å². The molecule has 0 spiro atoms. The molecule has 0 aliphatic carbocycles. The van der Waals surface area contributed by atoms with Crippen molar-refractivity contribution in [2.45, 2.75) is 72.8 Å². The van der Waals surface area contributed by atoms with E-state index in [2.05, 4.69) is 6.92 Å². The van der Waals surface area contributed by atoms with Crippen LogP contribution in [0.5, 0.6) is 11.5 Å². The van der Waals surface area contributed by atoms with Crippen LogP contribution >= 0.6 is 11.8 Å². The van der Waals surface area contributed by atoms with Gasteiger partial charge in [-0.05, 0) is 90.0 Å². The lowest BCUT2D eigenvalue weighted by molar-refractivity contribution is 0.116. The summed E-state index contributed by atoms with van der Waals surface area (Å²) in [6, 6.07) is 25.0. The third-order valence-corrected chi connectivity index (χ3v) is 9.77. The van der Waals surface area contributed by atoms with E-state index in [0.29, 0.717) is 52.7 Å². The molecule has 0 amide bonds. The van der Waals surface area contributed by atoms with Gasteiger partial charge in [0, 0.05) is 28.6 Å². The number of aliphatic hydroxyl groups is 2. The molecule has 47 heavy (non-hydrogen) atoms. The standard InChI is InChI=1S/C37H44O8S2/c1-3-4-23-45-29-15-17-30(18-16-29)46-35-20-14-28(25-36(35)47(40,41)42)31-11-7-8-12-32(31)37(39)33-24-27(13-19-34(33)43-2)26-44-22-10-6-5-9-21-38/h7-8,11-20,24-25,37-39H,3-6,9-10,21-23,26H2,1-2H3,(H,40,41,42). The first-order chi connectivity index (χ1) is 22.7. The molecule has 0 fully saturated rings. The molecule has 0 heterocycles. The van der Waals surface area contributed by atoms with Gasteiger partial charge in [-0.25, -0.2) is 0 Å². The summed E-state index contributed by atoms with van der Waals surface area (Å²) in [7, 11) is -3.04. The molecule has 0 saturated heterocycles. The number of benzene rings is 4. The molecule has 0 bridgehead atoms. The van der Waals surface area contributed by atoms with Crippen LogP contribution in [0.2, 0.25) is 0 Å². The quantitative estimate of drug-likeness (QED) is 0.0666. The fourth-order valence-corrected chi connectivity index (χ4v) is 7.00. The van der Waals surface area contributed by atoms with E-state index < -0.39 is 16.2 Å². The highest BCUT2D eigenvalue weighted by atomic mass is 32.2. The van der Waals surface area contributed by atoms with E-state index in [9.17, 15) is 18.1 Å². The molecule has 252 valence electrons. The van der Waals surface area contributed by atoms with E-state index >= 15 is 0 Å². The molecule has 1 atom stereocenters. The van der Waals surface area contributed by atoms with Crippen LogP contribution in [0.25, 0.3) is 11.1 Å². The zero-order valence-corrected chi connectivity index (χ0v) is 28.6. The van der Waals surface area contributed by atoms with Crippen LogP contribution in [-0.4, -0.2) is 50.1 Å². The molecular formula is C37H44O8S2. The summed E-state index contributed by atoms with van der Waals surface area (Å²) in [6.07, 6.45) is 4.56. The van der Waals surface area contributed by atoms with Gasteiger partial charge in [0.2, 0.25) is 0 Å². The first-order valence-corrected chi connectivity index (χ1v) is 18.2. The Morgan fingerprint density at radius 1 is 0.830 bits per heavy atom. The normalized spacial score (nSPS) is 12.2. The maximum Gasteiger partial charge on any atom is 0.295 e. The summed E-state index contributed by atoms with van der Waals surface area (Å²) in [4.78, 5) is 0.941. The maximum atomic E-state index is 12.6. The van der Waals surface area contributed by atoms with Crippen molar-refractivity contribution in [1.29, 1.82) is 0 Å². The molecule has 1 unspecified atom stereocenters. The lowest BCUT2D eigenvalue weighted by Gasteiger charge is -2.20. The van der Waals surface area contributed by atoms with Gasteiger partial charge in [0.25, 0.3) is 10.1 Å². The first kappa shape index (κ1) is 36.5. The minimum Gasteiger partial charge on any atom is -0.496 e. The van der Waals surface area contributed by atoms with E-state index in [1.54, 1.807) is 31.4 Å². The van der Waals surface area contributed by atoms with Gasteiger partial charge in [0.05, 0.1) is 20.3 Å². The van der Waals surface area contributed by atoms with Crippen LogP contribution in [0.3, 0.4) is 0 Å². The van der Waals surface area contributed by atoms with Crippen LogP contribution in [-0.2, 0) is 21.5 Å². The summed E-state index contributed by atoms with van der Waals surface area (Å²) in [6.45, 7) is 3.91. The third-order valence-electron chi connectivity index (χ3n) is 7.66. The summed E-state index contributed by atoms with van der Waals surface area (Å²) in [5, 5.41) is 20.6. The molecule has 4 aromatic carbocycles. The number of rotatable bonds is 19. The summed E-state index contributed by atoms with van der Waals surface area (Å²) in [5.74, 6) is 1.25. The van der Waals surface area contributed by atoms with E-state index in [1.807, 2.05) is 54.6 Å². The smallest absolute Gasteiger partial charge is 0.295 e. The number of ether oxygens (including phenoxy) is 3. The Balaban J connectivity index is 1.58. The van der Waals surface area contributed by atoms with E-state index in [-0.39, 0.29) is 11.5 Å². The van der Waals surface area contributed by atoms with Crippen molar-refractivity contribution in [1.82, 2.24) is 0 Å². The van der Waals surface area contributed by atoms with Gasteiger partial charge in [-0.2, -0.15) is 8.42 Å². The molecule has 0 saturated carbocycles. The minimum absolute atomic E-state index is 0.206. The highest BCUT2D eigenvalue weighted by molar-refractivity contribution is 8.00. The number of aliphatic hydroxyl groups excluding tert-OH is 2. The molecule has 3 N–H and O–H groups in total. The highest BCUT2D eigenvalue weighted by Gasteiger charge is 2.23. The zero-order chi connectivity index (χ0) is 33.6. The topological polar surface area (TPSA) is 123 Å². The number of hydrogen-bond acceptors (Lipinski definition) is 8. The van der Waals surface area contributed by atoms with Gasteiger partial charge in [-0.1, -0.05) is 74.3 Å². The Kier molecular flexibility index (Phi) is 14.1.